The smallest absolute Gasteiger partial charge is 0.423 e. The fraction of sp³-hybridized carbons (Fsp3) is 0. The van der Waals surface area contributed by atoms with Crippen LogP contribution in [-0.4, -0.2) is 17.2 Å². The lowest BCUT2D eigenvalue weighted by Gasteiger charge is -1.87. The second kappa shape index (κ2) is 5.93. The number of hydrogen-bond donors (Lipinski definition) is 2. The molecule has 0 atom stereocenters. The van der Waals surface area contributed by atoms with Crippen LogP contribution in [0.2, 0.25) is 0 Å². The molecule has 0 saturated heterocycles. The lowest BCUT2D eigenvalue weighted by atomic mass is 9.90. The fourth-order valence-corrected chi connectivity index (χ4v) is 1.71. The normalized spacial score (nSPS) is 8.77. The number of rotatable bonds is 1. The zero-order chi connectivity index (χ0) is 9.52. The molecule has 0 fully saturated rings. The highest BCUT2D eigenvalue weighted by Crippen LogP contribution is 1.92. The zero-order valence-corrected chi connectivity index (χ0v) is 8.46. The monoisotopic (exact) mass is 212 g/mol. The lowest BCUT2D eigenvalue weighted by Crippen LogP contribution is -2.26. The molecule has 2 aromatic rings. The van der Waals surface area contributed by atoms with Gasteiger partial charge in [-0.25, -0.2) is 0 Å². The van der Waals surface area contributed by atoms with Gasteiger partial charge in [-0.1, -0.05) is 24.3 Å². The Morgan fingerprint density at radius 3 is 1.92 bits per heavy atom. The molecular formula is C8H9BO2S2. The highest BCUT2D eigenvalue weighted by molar-refractivity contribution is 7.20. The molecule has 0 radical (unpaired) electrons. The van der Waals surface area contributed by atoms with Crippen molar-refractivity contribution in [3.8, 4) is 0 Å². The first kappa shape index (κ1) is 10.5. The van der Waals surface area contributed by atoms with Crippen LogP contribution in [-0.2, 0) is 0 Å². The second-order valence-electron chi connectivity index (χ2n) is 2.18. The van der Waals surface area contributed by atoms with Crippen molar-refractivity contribution in [2.45, 2.75) is 0 Å². The molecular weight excluding hydrogens is 203 g/mol. The van der Waals surface area contributed by atoms with Crippen molar-refractivity contribution in [2.24, 2.45) is 0 Å². The van der Waals surface area contributed by atoms with Gasteiger partial charge in [0.25, 0.3) is 0 Å². The average Bonchev–Trinajstić information content (AvgIpc) is 2.82. The van der Waals surface area contributed by atoms with Crippen LogP contribution < -0.4 is 4.78 Å². The van der Waals surface area contributed by atoms with Crippen LogP contribution in [0.25, 0.3) is 0 Å². The van der Waals surface area contributed by atoms with E-state index in [2.05, 4.69) is 0 Å². The molecule has 2 nitrogen and oxygen atoms in total. The Balaban J connectivity index is 0.000000145. The van der Waals surface area contributed by atoms with Crippen molar-refractivity contribution < 1.29 is 10.0 Å². The highest BCUT2D eigenvalue weighted by Gasteiger charge is 2.09. The van der Waals surface area contributed by atoms with Crippen molar-refractivity contribution >= 4 is 34.6 Å². The van der Waals surface area contributed by atoms with Gasteiger partial charge in [-0.15, -0.1) is 0 Å². The van der Waals surface area contributed by atoms with Gasteiger partial charge in [0, 0.05) is 4.78 Å². The van der Waals surface area contributed by atoms with E-state index in [-0.39, 0.29) is 0 Å². The Morgan fingerprint density at radius 2 is 1.69 bits per heavy atom. The second-order valence-corrected chi connectivity index (χ2v) is 3.98. The summed E-state index contributed by atoms with van der Waals surface area (Å²) in [6.07, 6.45) is 0. The maximum absolute atomic E-state index is 8.48. The molecule has 0 amide bonds. The van der Waals surface area contributed by atoms with E-state index in [1.807, 2.05) is 22.9 Å². The first-order chi connectivity index (χ1) is 6.30. The molecule has 68 valence electrons. The van der Waals surface area contributed by atoms with Gasteiger partial charge in [0.2, 0.25) is 0 Å². The molecule has 0 aliphatic carbocycles. The average molecular weight is 212 g/mol. The summed E-state index contributed by atoms with van der Waals surface area (Å²) in [5.74, 6) is 0. The summed E-state index contributed by atoms with van der Waals surface area (Å²) in [7, 11) is -1.30. The van der Waals surface area contributed by atoms with Crippen molar-refractivity contribution in [2.75, 3.05) is 0 Å². The van der Waals surface area contributed by atoms with Gasteiger partial charge in [-0.3, -0.25) is 0 Å². The van der Waals surface area contributed by atoms with E-state index in [0.29, 0.717) is 4.78 Å². The van der Waals surface area contributed by atoms with Crippen LogP contribution >= 0.6 is 22.7 Å². The summed E-state index contributed by atoms with van der Waals surface area (Å²) in [5, 5.41) is 22.8. The van der Waals surface area contributed by atoms with Crippen LogP contribution in [0.4, 0.5) is 0 Å². The van der Waals surface area contributed by atoms with Crippen LogP contribution in [0.5, 0.6) is 0 Å². The maximum atomic E-state index is 8.48. The van der Waals surface area contributed by atoms with Crippen LogP contribution in [0.3, 0.4) is 0 Å². The van der Waals surface area contributed by atoms with Crippen molar-refractivity contribution in [3.05, 3.63) is 40.4 Å². The van der Waals surface area contributed by atoms with Crippen LogP contribution in [0, 0.1) is 0 Å². The first-order valence-electron chi connectivity index (χ1n) is 3.67. The van der Waals surface area contributed by atoms with Gasteiger partial charge in [-0.05, 0) is 16.1 Å². The van der Waals surface area contributed by atoms with E-state index < -0.39 is 7.12 Å². The van der Waals surface area contributed by atoms with Gasteiger partial charge >= 0.3 is 7.12 Å². The number of thiophene rings is 2. The summed E-state index contributed by atoms with van der Waals surface area (Å²) in [5.41, 5.74) is 0. The summed E-state index contributed by atoms with van der Waals surface area (Å²) in [6, 6.07) is 7.49. The van der Waals surface area contributed by atoms with Gasteiger partial charge < -0.3 is 10.0 Å². The van der Waals surface area contributed by atoms with Gasteiger partial charge in [0.1, 0.15) is 0 Å². The first-order valence-corrected chi connectivity index (χ1v) is 5.49. The molecule has 0 aliphatic heterocycles. The molecule has 2 N–H and O–H groups in total. The predicted octanol–water partition coefficient (Wildman–Crippen LogP) is 1.18. The molecule has 13 heavy (non-hydrogen) atoms. The van der Waals surface area contributed by atoms with Crippen LogP contribution in [0.1, 0.15) is 0 Å². The fourth-order valence-electron chi connectivity index (χ4n) is 0.665. The van der Waals surface area contributed by atoms with E-state index in [4.69, 9.17) is 10.0 Å². The summed E-state index contributed by atoms with van der Waals surface area (Å²) in [6.45, 7) is 0. The van der Waals surface area contributed by atoms with E-state index in [0.717, 1.165) is 0 Å². The molecule has 0 bridgehead atoms. The minimum atomic E-state index is -1.30. The lowest BCUT2D eigenvalue weighted by molar-refractivity contribution is 0.427. The Labute approximate surface area is 85.3 Å². The van der Waals surface area contributed by atoms with Gasteiger partial charge in [-0.2, -0.15) is 22.7 Å². The Bertz CT molecular complexity index is 275. The third kappa shape index (κ3) is 4.24. The number of hydrogen-bond acceptors (Lipinski definition) is 4. The van der Waals surface area contributed by atoms with E-state index >= 15 is 0 Å². The Kier molecular flexibility index (Phi) is 4.78. The molecule has 2 aromatic heterocycles. The summed E-state index contributed by atoms with van der Waals surface area (Å²) >= 11 is 3.04. The van der Waals surface area contributed by atoms with Crippen molar-refractivity contribution in [3.63, 3.8) is 0 Å². The van der Waals surface area contributed by atoms with E-state index in [9.17, 15) is 0 Å². The maximum Gasteiger partial charge on any atom is 0.499 e. The minimum absolute atomic E-state index is 0.588. The topological polar surface area (TPSA) is 40.5 Å². The predicted molar refractivity (Wildman–Crippen MR) is 58.5 cm³/mol. The molecule has 0 aromatic carbocycles. The molecule has 0 unspecified atom stereocenters. The van der Waals surface area contributed by atoms with E-state index in [1.54, 1.807) is 28.8 Å². The van der Waals surface area contributed by atoms with Crippen molar-refractivity contribution in [1.82, 2.24) is 0 Å². The summed E-state index contributed by atoms with van der Waals surface area (Å²) in [4.78, 5) is 0. The Hall–Kier alpha value is -0.615. The third-order valence-electron chi connectivity index (χ3n) is 1.22. The van der Waals surface area contributed by atoms with E-state index in [1.165, 1.54) is 11.3 Å². The van der Waals surface area contributed by atoms with Gasteiger partial charge in [0.15, 0.2) is 0 Å². The molecule has 0 spiro atoms. The zero-order valence-electron chi connectivity index (χ0n) is 6.83. The summed E-state index contributed by atoms with van der Waals surface area (Å²) < 4.78 is 0.588. The highest BCUT2D eigenvalue weighted by atomic mass is 32.1. The molecule has 2 heterocycles. The van der Waals surface area contributed by atoms with Crippen LogP contribution in [0.15, 0.2) is 40.4 Å². The largest absolute Gasteiger partial charge is 0.499 e. The SMILES string of the molecule is OB(O)c1cccs1.c1ccsc1. The third-order valence-corrected chi connectivity index (χ3v) is 2.76. The minimum Gasteiger partial charge on any atom is -0.423 e. The molecule has 2 rings (SSSR count). The molecule has 0 saturated carbocycles. The Morgan fingerprint density at radius 1 is 1.00 bits per heavy atom. The molecule has 5 heteroatoms. The quantitative estimate of drug-likeness (QED) is 0.696. The van der Waals surface area contributed by atoms with Gasteiger partial charge in [0.05, 0.1) is 0 Å². The molecule has 0 aliphatic rings. The van der Waals surface area contributed by atoms with Crippen molar-refractivity contribution in [1.29, 1.82) is 0 Å². The standard InChI is InChI=1S/C4H5BO2S.C4H4S/c6-5(7)4-2-1-3-8-4;1-2-4-5-3-1/h1-3,6-7H;1-4H.